The van der Waals surface area contributed by atoms with Crippen LogP contribution < -0.4 is 15.4 Å². The van der Waals surface area contributed by atoms with Crippen molar-refractivity contribution in [2.75, 3.05) is 24.2 Å². The molecule has 5 rings (SSSR count). The topological polar surface area (TPSA) is 114 Å². The lowest BCUT2D eigenvalue weighted by molar-refractivity contribution is 0.182. The van der Waals surface area contributed by atoms with Crippen molar-refractivity contribution in [1.82, 2.24) is 24.6 Å². The predicted molar refractivity (Wildman–Crippen MR) is 158 cm³/mol. The quantitative estimate of drug-likeness (QED) is 0.331. The van der Waals surface area contributed by atoms with Crippen LogP contribution in [0.1, 0.15) is 63.5 Å². The Morgan fingerprint density at radius 3 is 2.55 bits per heavy atom. The Labute approximate surface area is 241 Å². The summed E-state index contributed by atoms with van der Waals surface area (Å²) in [5.41, 5.74) is 3.61. The number of rotatable bonds is 9. The summed E-state index contributed by atoms with van der Waals surface area (Å²) in [4.78, 5) is 11.4. The van der Waals surface area contributed by atoms with E-state index in [2.05, 4.69) is 63.6 Å². The molecule has 3 aromatic rings. The third-order valence-electron chi connectivity index (χ3n) is 7.76. The van der Waals surface area contributed by atoms with Gasteiger partial charge in [-0.25, -0.2) is 13.4 Å². The first-order valence-electron chi connectivity index (χ1n) is 13.8. The average molecular weight is 588 g/mol. The summed E-state index contributed by atoms with van der Waals surface area (Å²) >= 11 is 6.43. The minimum atomic E-state index is -3.63. The maximum Gasteiger partial charge on any atom is 0.229 e. The normalized spacial score (nSPS) is 20.1. The maximum absolute atomic E-state index is 12.9. The molecule has 1 aliphatic heterocycles. The minimum absolute atomic E-state index is 0.0521. The van der Waals surface area contributed by atoms with Gasteiger partial charge in [0.2, 0.25) is 20.8 Å². The van der Waals surface area contributed by atoms with E-state index in [1.54, 1.807) is 27.1 Å². The molecule has 2 aliphatic rings. The van der Waals surface area contributed by atoms with Gasteiger partial charge in [0, 0.05) is 19.3 Å². The zero-order chi connectivity index (χ0) is 28.8. The van der Waals surface area contributed by atoms with E-state index in [9.17, 15) is 8.42 Å². The average Bonchev–Trinajstić information content (AvgIpc) is 3.63. The van der Waals surface area contributed by atoms with Crippen LogP contribution in [0.25, 0.3) is 0 Å². The van der Waals surface area contributed by atoms with Crippen molar-refractivity contribution in [1.29, 1.82) is 0 Å². The molecular formula is C28H38ClN7O3S. The van der Waals surface area contributed by atoms with Crippen LogP contribution >= 0.6 is 11.6 Å². The molecule has 0 bridgehead atoms. The first-order valence-corrected chi connectivity index (χ1v) is 15.7. The first-order chi connectivity index (χ1) is 18.9. The molecule has 1 saturated carbocycles. The predicted octanol–water partition coefficient (Wildman–Crippen LogP) is 5.58. The van der Waals surface area contributed by atoms with E-state index >= 15 is 0 Å². The number of ether oxygens (including phenoxy) is 1. The van der Waals surface area contributed by atoms with Crippen LogP contribution in [-0.2, 0) is 16.9 Å². The molecule has 10 nitrogen and oxygen atoms in total. The van der Waals surface area contributed by atoms with Gasteiger partial charge in [-0.1, -0.05) is 11.6 Å². The van der Waals surface area contributed by atoms with E-state index in [1.807, 2.05) is 0 Å². The molecule has 40 heavy (non-hydrogen) atoms. The Kier molecular flexibility index (Phi) is 8.00. The summed E-state index contributed by atoms with van der Waals surface area (Å²) in [5.74, 6) is 1.86. The molecule has 2 atom stereocenters. The fourth-order valence-electron chi connectivity index (χ4n) is 5.03. The smallest absolute Gasteiger partial charge is 0.229 e. The second kappa shape index (κ2) is 11.2. The highest BCUT2D eigenvalue weighted by atomic mass is 35.5. The highest BCUT2D eigenvalue weighted by Gasteiger charge is 2.30. The number of anilines is 4. The van der Waals surface area contributed by atoms with Crippen LogP contribution in [0.15, 0.2) is 29.6 Å². The second-order valence-corrected chi connectivity index (χ2v) is 14.2. The number of hydrogen-bond acceptors (Lipinski definition) is 9. The number of piperidine rings is 1. The number of benzene rings is 1. The SMILES string of the molecule is Cc1cc(Nc2ncc(Cl)c(Nc3cn(C)nc3S(=O)(=O)C(C)C)n2)c(OC2CC2)cc1C1CCN(C)C(C)C1. The van der Waals surface area contributed by atoms with E-state index in [4.69, 9.17) is 16.3 Å². The van der Waals surface area contributed by atoms with Gasteiger partial charge in [-0.15, -0.1) is 0 Å². The fourth-order valence-corrected chi connectivity index (χ4v) is 6.26. The highest BCUT2D eigenvalue weighted by Crippen LogP contribution is 2.41. The molecule has 2 N–H and O–H groups in total. The number of aryl methyl sites for hydroxylation is 2. The second-order valence-electron chi connectivity index (χ2n) is 11.3. The van der Waals surface area contributed by atoms with Crippen LogP contribution in [-0.4, -0.2) is 64.1 Å². The standard InChI is InChI=1S/C28H38ClN7O3S/c1-16(2)40(37,38)27-24(15-36(6)34-27)31-26-22(29)14-30-28(33-26)32-23-11-17(3)21(13-25(23)39-20-7-8-20)19-9-10-35(5)18(4)12-19/h11,13-16,18-20H,7-10,12H2,1-6H3,(H2,30,31,32,33). The molecule has 2 aromatic heterocycles. The van der Waals surface area contributed by atoms with Crippen LogP contribution in [0.5, 0.6) is 5.75 Å². The molecular weight excluding hydrogens is 550 g/mol. The summed E-state index contributed by atoms with van der Waals surface area (Å²) in [7, 11) is 0.226. The minimum Gasteiger partial charge on any atom is -0.488 e. The van der Waals surface area contributed by atoms with Gasteiger partial charge in [0.1, 0.15) is 10.8 Å². The molecule has 2 unspecified atom stereocenters. The van der Waals surface area contributed by atoms with Crippen molar-refractivity contribution in [3.63, 3.8) is 0 Å². The number of nitrogens with one attached hydrogen (secondary N) is 2. The van der Waals surface area contributed by atoms with Crippen LogP contribution in [0.3, 0.4) is 0 Å². The molecule has 1 saturated heterocycles. The Morgan fingerprint density at radius 1 is 1.12 bits per heavy atom. The zero-order valence-electron chi connectivity index (χ0n) is 23.9. The number of halogens is 1. The number of nitrogens with zero attached hydrogens (tertiary/aromatic N) is 5. The number of hydrogen-bond donors (Lipinski definition) is 2. The van der Waals surface area contributed by atoms with Crippen molar-refractivity contribution in [3.05, 3.63) is 40.7 Å². The van der Waals surface area contributed by atoms with Gasteiger partial charge in [-0.3, -0.25) is 4.68 Å². The maximum atomic E-state index is 12.9. The van der Waals surface area contributed by atoms with Crippen LogP contribution in [0.4, 0.5) is 23.1 Å². The van der Waals surface area contributed by atoms with E-state index in [-0.39, 0.29) is 22.0 Å². The lowest BCUT2D eigenvalue weighted by Gasteiger charge is -2.36. The van der Waals surface area contributed by atoms with Crippen molar-refractivity contribution >= 4 is 44.6 Å². The Morgan fingerprint density at radius 2 is 1.88 bits per heavy atom. The Bertz CT molecular complexity index is 1500. The van der Waals surface area contributed by atoms with Gasteiger partial charge < -0.3 is 20.3 Å². The lowest BCUT2D eigenvalue weighted by atomic mass is 9.83. The van der Waals surface area contributed by atoms with Crippen molar-refractivity contribution in [2.24, 2.45) is 7.05 Å². The van der Waals surface area contributed by atoms with Crippen molar-refractivity contribution in [2.45, 2.75) is 81.7 Å². The monoisotopic (exact) mass is 587 g/mol. The zero-order valence-corrected chi connectivity index (χ0v) is 25.5. The van der Waals surface area contributed by atoms with Gasteiger partial charge in [-0.2, -0.15) is 10.1 Å². The van der Waals surface area contributed by atoms with E-state index in [0.29, 0.717) is 23.6 Å². The number of aromatic nitrogens is 4. The summed E-state index contributed by atoms with van der Waals surface area (Å²) in [6.45, 7) is 8.74. The van der Waals surface area contributed by atoms with E-state index in [0.717, 1.165) is 43.7 Å². The summed E-state index contributed by atoms with van der Waals surface area (Å²) < 4.78 is 33.5. The van der Waals surface area contributed by atoms with Gasteiger partial charge in [-0.05, 0) is 96.1 Å². The molecule has 1 aromatic carbocycles. The Hall–Kier alpha value is -2.89. The first kappa shape index (κ1) is 28.6. The molecule has 1 aliphatic carbocycles. The summed E-state index contributed by atoms with van der Waals surface area (Å²) in [6, 6.07) is 4.83. The number of sulfone groups is 1. The third-order valence-corrected chi connectivity index (χ3v) is 10.1. The summed E-state index contributed by atoms with van der Waals surface area (Å²) in [6.07, 6.45) is 7.63. The molecule has 12 heteroatoms. The van der Waals surface area contributed by atoms with Gasteiger partial charge >= 0.3 is 0 Å². The lowest BCUT2D eigenvalue weighted by Crippen LogP contribution is -2.37. The third kappa shape index (κ3) is 6.06. The molecule has 3 heterocycles. The molecule has 216 valence electrons. The molecule has 2 fully saturated rings. The van der Waals surface area contributed by atoms with Crippen LogP contribution in [0.2, 0.25) is 5.02 Å². The van der Waals surface area contributed by atoms with Gasteiger partial charge in [0.25, 0.3) is 0 Å². The van der Waals surface area contributed by atoms with Crippen molar-refractivity contribution in [3.8, 4) is 5.75 Å². The number of likely N-dealkylation sites (tertiary alicyclic amines) is 1. The van der Waals surface area contributed by atoms with Crippen LogP contribution in [0, 0.1) is 6.92 Å². The molecule has 0 radical (unpaired) electrons. The summed E-state index contributed by atoms with van der Waals surface area (Å²) in [5, 5.41) is 10.1. The van der Waals surface area contributed by atoms with Gasteiger partial charge in [0.15, 0.2) is 5.82 Å². The highest BCUT2D eigenvalue weighted by molar-refractivity contribution is 7.92. The fraction of sp³-hybridized carbons (Fsp3) is 0.536. The molecule has 0 spiro atoms. The van der Waals surface area contributed by atoms with E-state index in [1.165, 1.54) is 22.0 Å². The van der Waals surface area contributed by atoms with E-state index < -0.39 is 15.1 Å². The van der Waals surface area contributed by atoms with Crippen molar-refractivity contribution < 1.29 is 13.2 Å². The van der Waals surface area contributed by atoms with Gasteiger partial charge in [0.05, 0.1) is 28.9 Å². The Balaban J connectivity index is 1.44. The molecule has 0 amide bonds. The largest absolute Gasteiger partial charge is 0.488 e.